The van der Waals surface area contributed by atoms with Gasteiger partial charge in [-0.2, -0.15) is 8.42 Å². The van der Waals surface area contributed by atoms with Gasteiger partial charge in [0.1, 0.15) is 5.82 Å². The van der Waals surface area contributed by atoms with E-state index in [1.54, 1.807) is 30.3 Å². The summed E-state index contributed by atoms with van der Waals surface area (Å²) in [7, 11) is -2.39. The Morgan fingerprint density at radius 1 is 1.20 bits per heavy atom. The van der Waals surface area contributed by atoms with Crippen LogP contribution in [0.3, 0.4) is 0 Å². The lowest BCUT2D eigenvalue weighted by Crippen LogP contribution is -2.39. The molecule has 25 heavy (non-hydrogen) atoms. The van der Waals surface area contributed by atoms with E-state index in [-0.39, 0.29) is 16.6 Å². The highest BCUT2D eigenvalue weighted by atomic mass is 32.2. The highest BCUT2D eigenvalue weighted by Crippen LogP contribution is 2.33. The predicted molar refractivity (Wildman–Crippen MR) is 94.3 cm³/mol. The van der Waals surface area contributed by atoms with E-state index in [1.165, 1.54) is 24.3 Å². The van der Waals surface area contributed by atoms with Crippen LogP contribution in [0.25, 0.3) is 0 Å². The maximum Gasteiger partial charge on any atom is 0.296 e. The van der Waals surface area contributed by atoms with Crippen LogP contribution in [0.15, 0.2) is 59.5 Å². The molecule has 2 aromatic carbocycles. The van der Waals surface area contributed by atoms with E-state index in [2.05, 4.69) is 0 Å². The average molecular weight is 365 g/mol. The lowest BCUT2D eigenvalue weighted by atomic mass is 9.81. The van der Waals surface area contributed by atoms with E-state index in [0.29, 0.717) is 13.0 Å². The molecule has 0 N–H and O–H groups in total. The summed E-state index contributed by atoms with van der Waals surface area (Å²) in [5, 5.41) is 0. The summed E-state index contributed by atoms with van der Waals surface area (Å²) in [4.78, 5) is 1.86. The number of rotatable bonds is 5. The third-order valence-electron chi connectivity index (χ3n) is 4.46. The van der Waals surface area contributed by atoms with Gasteiger partial charge in [0.25, 0.3) is 10.1 Å². The Labute approximate surface area is 151 Å². The number of hydrogen-bond donors (Lipinski definition) is 0. The van der Waals surface area contributed by atoms with Crippen LogP contribution in [0, 0.1) is 11.7 Å². The Kier molecular flexibility index (Phi) is 4.73. The molecule has 1 heterocycles. The summed E-state index contributed by atoms with van der Waals surface area (Å²) in [5.41, 5.74) is 0.777. The molecule has 0 aromatic heterocycles. The van der Waals surface area contributed by atoms with Crippen LogP contribution < -0.4 is 0 Å². The van der Waals surface area contributed by atoms with Gasteiger partial charge < -0.3 is 4.90 Å². The van der Waals surface area contributed by atoms with Gasteiger partial charge in [-0.1, -0.05) is 30.3 Å². The van der Waals surface area contributed by atoms with Crippen LogP contribution >= 0.6 is 0 Å². The van der Waals surface area contributed by atoms with Gasteiger partial charge >= 0.3 is 0 Å². The molecule has 3 rings (SSSR count). The molecule has 0 unspecified atom stereocenters. The van der Waals surface area contributed by atoms with Crippen molar-refractivity contribution in [2.45, 2.75) is 17.2 Å². The van der Waals surface area contributed by atoms with E-state index in [4.69, 9.17) is 6.92 Å². The van der Waals surface area contributed by atoms with Crippen LogP contribution in [0.5, 0.6) is 0 Å². The highest BCUT2D eigenvalue weighted by Gasteiger charge is 2.31. The zero-order valence-corrected chi connectivity index (χ0v) is 14.7. The van der Waals surface area contributed by atoms with Crippen LogP contribution in [-0.4, -0.2) is 40.0 Å². The normalized spacial score (nSPS) is 23.8. The number of likely N-dealkylation sites (tertiary alicyclic amines) is 1. The van der Waals surface area contributed by atoms with E-state index in [1.807, 2.05) is 11.9 Å². The van der Waals surface area contributed by atoms with Gasteiger partial charge in [0, 0.05) is 12.5 Å². The van der Waals surface area contributed by atoms with Crippen molar-refractivity contribution in [1.29, 1.82) is 0 Å². The first-order chi connectivity index (χ1) is 12.7. The Morgan fingerprint density at radius 2 is 1.88 bits per heavy atom. The second-order valence-corrected chi connectivity index (χ2v) is 7.83. The first-order valence-corrected chi connectivity index (χ1v) is 9.54. The fourth-order valence-corrected chi connectivity index (χ4v) is 3.94. The molecule has 0 spiro atoms. The molecule has 1 aliphatic heterocycles. The second-order valence-electron chi connectivity index (χ2n) is 6.28. The average Bonchev–Trinajstić information content (AvgIpc) is 2.62. The summed E-state index contributed by atoms with van der Waals surface area (Å²) < 4.78 is 60.2. The molecule has 0 amide bonds. The quantitative estimate of drug-likeness (QED) is 0.763. The number of halogens is 1. The van der Waals surface area contributed by atoms with E-state index < -0.39 is 22.6 Å². The largest absolute Gasteiger partial charge is 0.306 e. The molecule has 134 valence electrons. The third-order valence-corrected chi connectivity index (χ3v) is 5.62. The first-order valence-electron chi connectivity index (χ1n) is 9.14. The van der Waals surface area contributed by atoms with Crippen LogP contribution in [0.4, 0.5) is 4.39 Å². The number of nitrogens with zero attached hydrogens (tertiary/aromatic N) is 1. The van der Waals surface area contributed by atoms with E-state index in [0.717, 1.165) is 12.1 Å². The fourth-order valence-electron chi connectivity index (χ4n) is 3.10. The lowest BCUT2D eigenvalue weighted by Gasteiger charge is -2.36. The summed E-state index contributed by atoms with van der Waals surface area (Å²) in [6, 6.07) is 13.5. The van der Waals surface area contributed by atoms with Crippen molar-refractivity contribution in [3.63, 3.8) is 0 Å². The van der Waals surface area contributed by atoms with Crippen molar-refractivity contribution in [3.05, 3.63) is 66.0 Å². The minimum Gasteiger partial charge on any atom is -0.306 e. The molecule has 6 heteroatoms. The van der Waals surface area contributed by atoms with Crippen molar-refractivity contribution in [1.82, 2.24) is 4.90 Å². The van der Waals surface area contributed by atoms with Gasteiger partial charge in [0.15, 0.2) is 0 Å². The summed E-state index contributed by atoms with van der Waals surface area (Å²) >= 11 is 0. The summed E-state index contributed by atoms with van der Waals surface area (Å²) in [6.07, 6.45) is 0.626. The predicted octanol–water partition coefficient (Wildman–Crippen LogP) is 3.27. The second kappa shape index (κ2) is 7.64. The van der Waals surface area contributed by atoms with Gasteiger partial charge in [-0.05, 0) is 55.8 Å². The molecule has 0 bridgehead atoms. The Hall–Kier alpha value is -1.76. The van der Waals surface area contributed by atoms with Gasteiger partial charge in [-0.3, -0.25) is 4.18 Å². The van der Waals surface area contributed by atoms with Crippen LogP contribution in [0.2, 0.25) is 0 Å². The Balaban J connectivity index is 1.90. The minimum absolute atomic E-state index is 0.0867. The monoisotopic (exact) mass is 365 g/mol. The maximum atomic E-state index is 13.3. The minimum atomic E-state index is -4.25. The molecular formula is C19H22FNO3S. The molecule has 1 saturated heterocycles. The maximum absolute atomic E-state index is 13.3. The SMILES string of the molecule is [2H]C([2H])(OS(=O)(=O)c1ccccc1)[C@@H]1CN(C)CC[C@H]1c1ccc(F)cc1. The van der Waals surface area contributed by atoms with Gasteiger partial charge in [0.2, 0.25) is 0 Å². The molecule has 0 radical (unpaired) electrons. The van der Waals surface area contributed by atoms with Crippen molar-refractivity contribution in [3.8, 4) is 0 Å². The van der Waals surface area contributed by atoms with Gasteiger partial charge in [0.05, 0.1) is 14.2 Å². The molecule has 2 aromatic rings. The van der Waals surface area contributed by atoms with Gasteiger partial charge in [-0.15, -0.1) is 0 Å². The smallest absolute Gasteiger partial charge is 0.296 e. The van der Waals surface area contributed by atoms with Crippen molar-refractivity contribution in [2.24, 2.45) is 5.92 Å². The molecule has 1 fully saturated rings. The number of benzene rings is 2. The summed E-state index contributed by atoms with van der Waals surface area (Å²) in [6.45, 7) is -1.35. The van der Waals surface area contributed by atoms with Gasteiger partial charge in [-0.25, -0.2) is 4.39 Å². The fraction of sp³-hybridized carbons (Fsp3) is 0.368. The molecule has 0 aliphatic carbocycles. The first kappa shape index (κ1) is 15.5. The molecule has 1 aliphatic rings. The molecule has 2 atom stereocenters. The topological polar surface area (TPSA) is 46.6 Å². The Bertz CT molecular complexity index is 876. The zero-order chi connectivity index (χ0) is 19.7. The van der Waals surface area contributed by atoms with Crippen molar-refractivity contribution >= 4 is 10.1 Å². The number of piperidine rings is 1. The molecular weight excluding hydrogens is 341 g/mol. The van der Waals surface area contributed by atoms with Crippen LogP contribution in [-0.2, 0) is 14.3 Å². The highest BCUT2D eigenvalue weighted by molar-refractivity contribution is 7.86. The van der Waals surface area contributed by atoms with E-state index in [9.17, 15) is 12.8 Å². The molecule has 0 saturated carbocycles. The van der Waals surface area contributed by atoms with Crippen molar-refractivity contribution < 1.29 is 19.7 Å². The van der Waals surface area contributed by atoms with Crippen LogP contribution in [0.1, 0.15) is 20.6 Å². The third kappa shape index (κ3) is 4.45. The molecule has 4 nitrogen and oxygen atoms in total. The van der Waals surface area contributed by atoms with E-state index >= 15 is 0 Å². The zero-order valence-electron chi connectivity index (χ0n) is 15.9. The lowest BCUT2D eigenvalue weighted by molar-refractivity contribution is 0.132. The Morgan fingerprint density at radius 3 is 2.56 bits per heavy atom. The summed E-state index contributed by atoms with van der Waals surface area (Å²) in [5.74, 6) is -1.36. The standard InChI is InChI=1S/C19H22FNO3S/c1-21-12-11-19(15-7-9-17(20)10-8-15)16(13-21)14-24-25(22,23)18-5-3-2-4-6-18/h2-10,16,19H,11-14H2,1H3/t16-,19-/m0/s1/i14D2. The number of hydrogen-bond acceptors (Lipinski definition) is 4. The van der Waals surface area contributed by atoms with Crippen molar-refractivity contribution in [2.75, 3.05) is 26.7 Å².